The summed E-state index contributed by atoms with van der Waals surface area (Å²) in [7, 11) is 0. The normalized spacial score (nSPS) is 24.3. The van der Waals surface area contributed by atoms with Crippen LogP contribution >= 0.6 is 0 Å². The number of ether oxygens (including phenoxy) is 3. The van der Waals surface area contributed by atoms with Crippen molar-refractivity contribution in [2.75, 3.05) is 6.61 Å². The zero-order valence-corrected chi connectivity index (χ0v) is 22.0. The highest BCUT2D eigenvalue weighted by atomic mass is 19.2. The quantitative estimate of drug-likeness (QED) is 0.540. The average molecular weight is 529 g/mol. The maximum absolute atomic E-state index is 15.4. The van der Waals surface area contributed by atoms with Crippen LogP contribution in [0.5, 0.6) is 5.75 Å². The van der Waals surface area contributed by atoms with Crippen LogP contribution in [0.4, 0.5) is 18.4 Å². The highest BCUT2D eigenvalue weighted by molar-refractivity contribution is 5.70. The molecule has 2 amide bonds. The predicted octanol–water partition coefficient (Wildman–Crippen LogP) is 5.84. The van der Waals surface area contributed by atoms with Crippen molar-refractivity contribution in [1.29, 1.82) is 0 Å². The molecule has 2 aromatic carbocycles. The van der Waals surface area contributed by atoms with Crippen molar-refractivity contribution in [2.24, 2.45) is 0 Å². The maximum atomic E-state index is 15.4. The van der Waals surface area contributed by atoms with Gasteiger partial charge in [0.05, 0.1) is 6.04 Å². The van der Waals surface area contributed by atoms with Crippen molar-refractivity contribution < 1.29 is 32.6 Å². The van der Waals surface area contributed by atoms with E-state index < -0.39 is 29.4 Å². The summed E-state index contributed by atoms with van der Waals surface area (Å²) in [6.07, 6.45) is 1.84. The molecule has 5 rings (SSSR count). The third kappa shape index (κ3) is 5.56. The van der Waals surface area contributed by atoms with E-state index in [4.69, 9.17) is 14.2 Å². The minimum absolute atomic E-state index is 0.0662. The fourth-order valence-electron chi connectivity index (χ4n) is 5.84. The van der Waals surface area contributed by atoms with E-state index in [0.29, 0.717) is 18.6 Å². The number of alkyl carbamates (subject to hydrolysis) is 1. The van der Waals surface area contributed by atoms with Crippen LogP contribution in [0.1, 0.15) is 69.1 Å². The lowest BCUT2D eigenvalue weighted by molar-refractivity contribution is 0.00570. The lowest BCUT2D eigenvalue weighted by Gasteiger charge is -2.40. The van der Waals surface area contributed by atoms with Crippen molar-refractivity contribution >= 4 is 12.2 Å². The summed E-state index contributed by atoms with van der Waals surface area (Å²) in [5.41, 5.74) is 0.652. The van der Waals surface area contributed by atoms with Crippen molar-refractivity contribution in [3.63, 3.8) is 0 Å². The van der Waals surface area contributed by atoms with Gasteiger partial charge in [0.25, 0.3) is 0 Å². The zero-order chi connectivity index (χ0) is 27.0. The Kier molecular flexibility index (Phi) is 7.20. The van der Waals surface area contributed by atoms with E-state index in [1.54, 1.807) is 11.0 Å². The summed E-state index contributed by atoms with van der Waals surface area (Å²) < 4.78 is 47.3. The number of fused-ring (bicyclic) bond motifs is 3. The SMILES string of the molecule is CC(C)(C)OC(=O)N1C2CCC1CC(c1cc3c(c(F)c1F)C[C@@H](NC(=O)OCc1ccccc1)CO3)C2. The van der Waals surface area contributed by atoms with Gasteiger partial charge in [-0.1, -0.05) is 30.3 Å². The summed E-state index contributed by atoms with van der Waals surface area (Å²) in [6, 6.07) is 10.2. The largest absolute Gasteiger partial charge is 0.491 e. The number of hydrogen-bond acceptors (Lipinski definition) is 5. The Morgan fingerprint density at radius 3 is 2.42 bits per heavy atom. The Bertz CT molecular complexity index is 1190. The lowest BCUT2D eigenvalue weighted by Crippen LogP contribution is -2.48. The molecule has 204 valence electrons. The third-order valence-electron chi connectivity index (χ3n) is 7.50. The van der Waals surface area contributed by atoms with Gasteiger partial charge in [-0.15, -0.1) is 0 Å². The summed E-state index contributed by atoms with van der Waals surface area (Å²) in [5.74, 6) is -1.74. The highest BCUT2D eigenvalue weighted by Gasteiger charge is 2.46. The number of hydrogen-bond donors (Lipinski definition) is 1. The number of benzene rings is 2. The smallest absolute Gasteiger partial charge is 0.410 e. The number of carbonyl (C=O) groups excluding carboxylic acids is 2. The first-order valence-electron chi connectivity index (χ1n) is 13.2. The molecular weight excluding hydrogens is 494 g/mol. The molecule has 38 heavy (non-hydrogen) atoms. The Balaban J connectivity index is 1.24. The van der Waals surface area contributed by atoms with Gasteiger partial charge in [0.1, 0.15) is 24.6 Å². The molecule has 0 aromatic heterocycles. The fourth-order valence-corrected chi connectivity index (χ4v) is 5.84. The molecule has 3 aliphatic rings. The molecule has 3 heterocycles. The van der Waals surface area contributed by atoms with Gasteiger partial charge in [0, 0.05) is 24.1 Å². The van der Waals surface area contributed by atoms with E-state index in [9.17, 15) is 9.59 Å². The molecule has 2 saturated heterocycles. The molecule has 0 radical (unpaired) electrons. The first-order chi connectivity index (χ1) is 18.1. The fraction of sp³-hybridized carbons (Fsp3) is 0.517. The Labute approximate surface area is 221 Å². The van der Waals surface area contributed by atoms with Crippen LogP contribution in [0.3, 0.4) is 0 Å². The zero-order valence-electron chi connectivity index (χ0n) is 22.0. The lowest BCUT2D eigenvalue weighted by atomic mass is 9.83. The maximum Gasteiger partial charge on any atom is 0.410 e. The number of nitrogens with one attached hydrogen (secondary N) is 1. The molecule has 3 aliphatic heterocycles. The van der Waals surface area contributed by atoms with Gasteiger partial charge in [-0.25, -0.2) is 18.4 Å². The number of halogens is 2. The Morgan fingerprint density at radius 2 is 1.76 bits per heavy atom. The van der Waals surface area contributed by atoms with Gasteiger partial charge in [-0.3, -0.25) is 0 Å². The van der Waals surface area contributed by atoms with Crippen LogP contribution in [0.25, 0.3) is 0 Å². The van der Waals surface area contributed by atoms with Crippen molar-refractivity contribution in [3.8, 4) is 5.75 Å². The molecule has 0 saturated carbocycles. The van der Waals surface area contributed by atoms with E-state index in [0.717, 1.165) is 18.4 Å². The molecular formula is C29H34F2N2O5. The standard InChI is InChI=1S/C29H34F2N2O5/c1-29(2,3)38-28(35)33-20-9-10-21(33)12-18(11-20)22-14-24-23(26(31)25(22)30)13-19(16-36-24)32-27(34)37-15-17-7-5-4-6-8-17/h4-8,14,18-21H,9-13,15-16H2,1-3H3,(H,32,34)/t18?,19-,20?,21?/m1/s1. The van der Waals surface area contributed by atoms with Crippen molar-refractivity contribution in [1.82, 2.24) is 10.2 Å². The topological polar surface area (TPSA) is 77.1 Å². The second kappa shape index (κ2) is 10.4. The molecule has 2 aromatic rings. The first kappa shape index (κ1) is 26.3. The van der Waals surface area contributed by atoms with E-state index in [1.807, 2.05) is 51.1 Å². The van der Waals surface area contributed by atoms with Crippen LogP contribution in [0.15, 0.2) is 36.4 Å². The number of nitrogens with zero attached hydrogens (tertiary/aromatic N) is 1. The second-order valence-electron chi connectivity index (χ2n) is 11.4. The molecule has 2 bridgehead atoms. The molecule has 7 nitrogen and oxygen atoms in total. The van der Waals surface area contributed by atoms with E-state index in [1.165, 1.54) is 0 Å². The van der Waals surface area contributed by atoms with E-state index in [2.05, 4.69) is 5.32 Å². The van der Waals surface area contributed by atoms with Crippen LogP contribution in [-0.2, 0) is 22.5 Å². The molecule has 2 fully saturated rings. The van der Waals surface area contributed by atoms with Gasteiger partial charge in [0.2, 0.25) is 0 Å². The summed E-state index contributed by atoms with van der Waals surface area (Å²) in [5, 5.41) is 2.68. The number of rotatable bonds is 4. The number of piperidine rings is 1. The second-order valence-corrected chi connectivity index (χ2v) is 11.4. The molecule has 9 heteroatoms. The first-order valence-corrected chi connectivity index (χ1v) is 13.2. The minimum atomic E-state index is -0.941. The van der Waals surface area contributed by atoms with Crippen LogP contribution in [0.2, 0.25) is 0 Å². The van der Waals surface area contributed by atoms with E-state index >= 15 is 8.78 Å². The Hall–Kier alpha value is -3.36. The average Bonchev–Trinajstić information content (AvgIpc) is 3.14. The van der Waals surface area contributed by atoms with Gasteiger partial charge in [-0.2, -0.15) is 0 Å². The van der Waals surface area contributed by atoms with Crippen molar-refractivity contribution in [2.45, 2.75) is 89.1 Å². The monoisotopic (exact) mass is 528 g/mol. The minimum Gasteiger partial charge on any atom is -0.491 e. The number of amides is 2. The predicted molar refractivity (Wildman–Crippen MR) is 136 cm³/mol. The molecule has 3 atom stereocenters. The van der Waals surface area contributed by atoms with Gasteiger partial charge in [-0.05, 0) is 69.6 Å². The molecule has 2 unspecified atom stereocenters. The summed E-state index contributed by atoms with van der Waals surface area (Å²) in [6.45, 7) is 5.73. The Morgan fingerprint density at radius 1 is 1.08 bits per heavy atom. The van der Waals surface area contributed by atoms with Crippen LogP contribution in [0, 0.1) is 11.6 Å². The molecule has 0 aliphatic carbocycles. The van der Waals surface area contributed by atoms with Gasteiger partial charge >= 0.3 is 12.2 Å². The number of carbonyl (C=O) groups is 2. The van der Waals surface area contributed by atoms with E-state index in [-0.39, 0.29) is 54.9 Å². The van der Waals surface area contributed by atoms with Gasteiger partial charge < -0.3 is 24.4 Å². The summed E-state index contributed by atoms with van der Waals surface area (Å²) >= 11 is 0. The van der Waals surface area contributed by atoms with Crippen LogP contribution < -0.4 is 10.1 Å². The van der Waals surface area contributed by atoms with Crippen LogP contribution in [-0.4, -0.2) is 47.4 Å². The third-order valence-corrected chi connectivity index (χ3v) is 7.50. The highest BCUT2D eigenvalue weighted by Crippen LogP contribution is 2.46. The molecule has 1 N–H and O–H groups in total. The molecule has 0 spiro atoms. The summed E-state index contributed by atoms with van der Waals surface area (Å²) in [4.78, 5) is 26.8. The van der Waals surface area contributed by atoms with Crippen molar-refractivity contribution in [3.05, 3.63) is 64.7 Å². The van der Waals surface area contributed by atoms with Gasteiger partial charge in [0.15, 0.2) is 11.6 Å².